The first-order valence-electron chi connectivity index (χ1n) is 7.77. The molecule has 1 unspecified atom stereocenters. The fraction of sp³-hybridized carbons (Fsp3) is 0.278. The summed E-state index contributed by atoms with van der Waals surface area (Å²) in [6.45, 7) is 4.42. The molecule has 0 radical (unpaired) electrons. The number of rotatable bonds is 5. The largest absolute Gasteiger partial charge is 0.380 e. The normalized spacial score (nSPS) is 11.6. The number of benzene rings is 1. The number of halogens is 4. The lowest BCUT2D eigenvalue weighted by Crippen LogP contribution is -2.17. The van der Waals surface area contributed by atoms with E-state index in [0.29, 0.717) is 17.3 Å². The van der Waals surface area contributed by atoms with Crippen LogP contribution < -0.4 is 11.1 Å². The molecule has 0 aliphatic carbocycles. The van der Waals surface area contributed by atoms with Gasteiger partial charge in [0.25, 0.3) is 0 Å². The Bertz CT molecular complexity index is 883. The van der Waals surface area contributed by atoms with Crippen molar-refractivity contribution < 1.29 is 4.39 Å². The predicted octanol–water partition coefficient (Wildman–Crippen LogP) is 5.74. The molecular formula is C18H21Cl3FN3S. The molecule has 26 heavy (non-hydrogen) atoms. The van der Waals surface area contributed by atoms with Gasteiger partial charge in [0.05, 0.1) is 15.9 Å². The maximum Gasteiger partial charge on any atom is 0.131 e. The second-order valence-electron chi connectivity index (χ2n) is 5.95. The van der Waals surface area contributed by atoms with Crippen LogP contribution in [0.25, 0.3) is 10.2 Å². The molecule has 0 fully saturated rings. The lowest BCUT2D eigenvalue weighted by atomic mass is 10.1. The molecule has 1 aromatic carbocycles. The third kappa shape index (κ3) is 4.99. The monoisotopic (exact) mass is 435 g/mol. The minimum atomic E-state index is -0.221. The highest BCUT2D eigenvalue weighted by Gasteiger charge is 2.15. The number of fused-ring (bicyclic) bond motifs is 1. The van der Waals surface area contributed by atoms with Crippen LogP contribution >= 0.6 is 47.8 Å². The Kier molecular flexibility index (Phi) is 8.57. The van der Waals surface area contributed by atoms with Gasteiger partial charge in [-0.05, 0) is 31.9 Å². The average Bonchev–Trinajstić information content (AvgIpc) is 2.82. The molecule has 0 saturated carbocycles. The van der Waals surface area contributed by atoms with E-state index in [-0.39, 0.29) is 36.7 Å². The number of hydrogen-bond donors (Lipinski definition) is 2. The van der Waals surface area contributed by atoms with Gasteiger partial charge in [0.1, 0.15) is 11.0 Å². The summed E-state index contributed by atoms with van der Waals surface area (Å²) in [7, 11) is 0. The maximum absolute atomic E-state index is 13.8. The van der Waals surface area contributed by atoms with Gasteiger partial charge in [-0.3, -0.25) is 0 Å². The molecule has 3 N–H and O–H groups in total. The SMILES string of the molecule is Cc1c(CC(C)N)sc2c(NCc3ccccc3F)cc(Cl)nc12.Cl.Cl. The van der Waals surface area contributed by atoms with Gasteiger partial charge in [-0.25, -0.2) is 9.37 Å². The number of nitrogens with one attached hydrogen (secondary N) is 1. The lowest BCUT2D eigenvalue weighted by molar-refractivity contribution is 0.613. The van der Waals surface area contributed by atoms with Crippen LogP contribution in [0.5, 0.6) is 0 Å². The second-order valence-corrected chi connectivity index (χ2v) is 7.44. The summed E-state index contributed by atoms with van der Waals surface area (Å²) >= 11 is 7.85. The Balaban J connectivity index is 0.00000169. The van der Waals surface area contributed by atoms with Crippen molar-refractivity contribution >= 4 is 63.7 Å². The summed E-state index contributed by atoms with van der Waals surface area (Å²) in [5, 5.41) is 3.72. The summed E-state index contributed by atoms with van der Waals surface area (Å²) in [6.07, 6.45) is 0.803. The van der Waals surface area contributed by atoms with E-state index in [1.54, 1.807) is 29.5 Å². The molecule has 3 nitrogen and oxygen atoms in total. The molecule has 2 aromatic heterocycles. The molecule has 3 aromatic rings. The predicted molar refractivity (Wildman–Crippen MR) is 115 cm³/mol. The van der Waals surface area contributed by atoms with E-state index < -0.39 is 0 Å². The Morgan fingerprint density at radius 3 is 2.65 bits per heavy atom. The molecule has 0 saturated heterocycles. The molecule has 0 amide bonds. The quantitative estimate of drug-likeness (QED) is 0.501. The van der Waals surface area contributed by atoms with Crippen LogP contribution in [-0.4, -0.2) is 11.0 Å². The third-order valence-electron chi connectivity index (χ3n) is 3.87. The zero-order valence-electron chi connectivity index (χ0n) is 14.4. The van der Waals surface area contributed by atoms with Gasteiger partial charge in [-0.15, -0.1) is 36.2 Å². The number of pyridine rings is 1. The average molecular weight is 437 g/mol. The van der Waals surface area contributed by atoms with Crippen molar-refractivity contribution in [2.24, 2.45) is 5.73 Å². The first-order chi connectivity index (χ1) is 11.5. The molecule has 0 spiro atoms. The first kappa shape index (κ1) is 22.9. The second kappa shape index (κ2) is 9.72. The van der Waals surface area contributed by atoms with Crippen LogP contribution in [0.15, 0.2) is 30.3 Å². The molecule has 0 aliphatic heterocycles. The molecule has 8 heteroatoms. The fourth-order valence-electron chi connectivity index (χ4n) is 2.64. The number of hydrogen-bond acceptors (Lipinski definition) is 4. The number of aromatic nitrogens is 1. The van der Waals surface area contributed by atoms with E-state index in [9.17, 15) is 4.39 Å². The molecule has 142 valence electrons. The van der Waals surface area contributed by atoms with E-state index in [2.05, 4.69) is 10.3 Å². The number of nitrogens with two attached hydrogens (primary N) is 1. The Morgan fingerprint density at radius 2 is 2.00 bits per heavy atom. The highest BCUT2D eigenvalue weighted by molar-refractivity contribution is 7.19. The van der Waals surface area contributed by atoms with Gasteiger partial charge in [0.15, 0.2) is 0 Å². The van der Waals surface area contributed by atoms with Crippen LogP contribution in [0.2, 0.25) is 5.15 Å². The number of anilines is 1. The summed E-state index contributed by atoms with van der Waals surface area (Å²) in [5.41, 5.74) is 9.43. The van der Waals surface area contributed by atoms with E-state index in [1.807, 2.05) is 19.9 Å². The van der Waals surface area contributed by atoms with Crippen LogP contribution in [0.4, 0.5) is 10.1 Å². The number of aryl methyl sites for hydroxylation is 1. The molecule has 0 bridgehead atoms. The summed E-state index contributed by atoms with van der Waals surface area (Å²) < 4.78 is 14.8. The Labute approximate surface area is 174 Å². The summed E-state index contributed by atoms with van der Waals surface area (Å²) in [5.74, 6) is -0.221. The summed E-state index contributed by atoms with van der Waals surface area (Å²) in [6, 6.07) is 8.61. The van der Waals surface area contributed by atoms with E-state index in [0.717, 1.165) is 27.9 Å². The van der Waals surface area contributed by atoms with Gasteiger partial charge in [0, 0.05) is 29.1 Å². The zero-order valence-corrected chi connectivity index (χ0v) is 17.6. The topological polar surface area (TPSA) is 50.9 Å². The van der Waals surface area contributed by atoms with Crippen molar-refractivity contribution in [1.29, 1.82) is 0 Å². The fourth-order valence-corrected chi connectivity index (χ4v) is 4.21. The first-order valence-corrected chi connectivity index (χ1v) is 8.96. The van der Waals surface area contributed by atoms with Gasteiger partial charge in [-0.2, -0.15) is 0 Å². The smallest absolute Gasteiger partial charge is 0.131 e. The van der Waals surface area contributed by atoms with Crippen molar-refractivity contribution in [3.05, 3.63) is 57.3 Å². The van der Waals surface area contributed by atoms with Gasteiger partial charge >= 0.3 is 0 Å². The molecular weight excluding hydrogens is 416 g/mol. The van der Waals surface area contributed by atoms with Crippen molar-refractivity contribution in [2.45, 2.75) is 32.9 Å². The van der Waals surface area contributed by atoms with Crippen LogP contribution in [0.1, 0.15) is 22.9 Å². The minimum Gasteiger partial charge on any atom is -0.380 e. The van der Waals surface area contributed by atoms with Gasteiger partial charge < -0.3 is 11.1 Å². The van der Waals surface area contributed by atoms with Crippen LogP contribution in [-0.2, 0) is 13.0 Å². The van der Waals surface area contributed by atoms with Gasteiger partial charge in [-0.1, -0.05) is 29.8 Å². The van der Waals surface area contributed by atoms with Crippen LogP contribution in [0.3, 0.4) is 0 Å². The minimum absolute atomic E-state index is 0. The number of nitrogens with zero attached hydrogens (tertiary/aromatic N) is 1. The third-order valence-corrected chi connectivity index (χ3v) is 5.41. The van der Waals surface area contributed by atoms with E-state index >= 15 is 0 Å². The molecule has 2 heterocycles. The standard InChI is InChI=1S/C18H19ClFN3S.2ClH/c1-10(21)7-15-11(2)17-18(24-15)14(8-16(19)23-17)22-9-12-5-3-4-6-13(12)20;;/h3-6,8,10H,7,9,21H2,1-2H3,(H,22,23);2*1H. The Hall–Kier alpha value is -1.11. The van der Waals surface area contributed by atoms with Crippen molar-refractivity contribution in [3.8, 4) is 0 Å². The highest BCUT2D eigenvalue weighted by atomic mass is 35.5. The maximum atomic E-state index is 13.8. The molecule has 1 atom stereocenters. The van der Waals surface area contributed by atoms with Crippen molar-refractivity contribution in [1.82, 2.24) is 4.98 Å². The molecule has 0 aliphatic rings. The van der Waals surface area contributed by atoms with Crippen molar-refractivity contribution in [3.63, 3.8) is 0 Å². The number of thiophene rings is 1. The lowest BCUT2D eigenvalue weighted by Gasteiger charge is -2.09. The zero-order chi connectivity index (χ0) is 17.3. The van der Waals surface area contributed by atoms with Gasteiger partial charge in [0.2, 0.25) is 0 Å². The van der Waals surface area contributed by atoms with E-state index in [1.165, 1.54) is 10.9 Å². The molecule has 3 rings (SSSR count). The summed E-state index contributed by atoms with van der Waals surface area (Å²) in [4.78, 5) is 5.67. The van der Waals surface area contributed by atoms with Crippen molar-refractivity contribution in [2.75, 3.05) is 5.32 Å². The highest BCUT2D eigenvalue weighted by Crippen LogP contribution is 2.37. The van der Waals surface area contributed by atoms with E-state index in [4.69, 9.17) is 17.3 Å². The Morgan fingerprint density at radius 1 is 1.31 bits per heavy atom. The van der Waals surface area contributed by atoms with Crippen LogP contribution in [0, 0.1) is 12.7 Å².